The third-order valence-electron chi connectivity index (χ3n) is 3.95. The van der Waals surface area contributed by atoms with Crippen molar-refractivity contribution >= 4 is 11.7 Å². The highest BCUT2D eigenvalue weighted by atomic mass is 16.1. The van der Waals surface area contributed by atoms with E-state index in [4.69, 9.17) is 0 Å². The van der Waals surface area contributed by atoms with Gasteiger partial charge in [0, 0.05) is 19.0 Å². The molecule has 0 aliphatic carbocycles. The van der Waals surface area contributed by atoms with E-state index in [1.807, 2.05) is 10.7 Å². The summed E-state index contributed by atoms with van der Waals surface area (Å²) in [6.07, 6.45) is 7.96. The quantitative estimate of drug-likeness (QED) is 0.805. The van der Waals surface area contributed by atoms with Crippen molar-refractivity contribution in [3.8, 4) is 0 Å². The lowest BCUT2D eigenvalue weighted by molar-refractivity contribution is -0.116. The Balaban J connectivity index is 1.74. The molecule has 1 fully saturated rings. The molecule has 1 saturated heterocycles. The number of nitrogens with zero attached hydrogens (tertiary/aromatic N) is 2. The Morgan fingerprint density at radius 2 is 2.30 bits per heavy atom. The number of rotatable bonds is 7. The van der Waals surface area contributed by atoms with Gasteiger partial charge < -0.3 is 10.6 Å². The number of aromatic nitrogens is 2. The van der Waals surface area contributed by atoms with Gasteiger partial charge in [-0.05, 0) is 44.7 Å². The van der Waals surface area contributed by atoms with Crippen molar-refractivity contribution in [1.82, 2.24) is 15.1 Å². The van der Waals surface area contributed by atoms with Crippen molar-refractivity contribution < 1.29 is 4.79 Å². The number of hydrogen-bond acceptors (Lipinski definition) is 3. The zero-order chi connectivity index (χ0) is 14.2. The SMILES string of the molecule is CCCCn1nccc1NC(=O)CCC1CCNCC1. The molecule has 1 aliphatic heterocycles. The zero-order valence-corrected chi connectivity index (χ0v) is 12.4. The molecule has 0 radical (unpaired) electrons. The average Bonchev–Trinajstić information content (AvgIpc) is 2.91. The minimum Gasteiger partial charge on any atom is -0.317 e. The van der Waals surface area contributed by atoms with Crippen molar-refractivity contribution in [1.29, 1.82) is 0 Å². The van der Waals surface area contributed by atoms with Crippen LogP contribution in [0.1, 0.15) is 45.4 Å². The second kappa shape index (κ2) is 8.04. The second-order valence-corrected chi connectivity index (χ2v) is 5.57. The van der Waals surface area contributed by atoms with Crippen LogP contribution in [-0.4, -0.2) is 28.8 Å². The molecule has 0 saturated carbocycles. The number of carbonyl (C=O) groups excluding carboxylic acids is 1. The Morgan fingerprint density at radius 3 is 3.05 bits per heavy atom. The van der Waals surface area contributed by atoms with E-state index in [1.165, 1.54) is 12.8 Å². The highest BCUT2D eigenvalue weighted by molar-refractivity contribution is 5.89. The molecule has 1 aromatic heterocycles. The van der Waals surface area contributed by atoms with Gasteiger partial charge >= 0.3 is 0 Å². The highest BCUT2D eigenvalue weighted by Gasteiger charge is 2.15. The molecule has 20 heavy (non-hydrogen) atoms. The third kappa shape index (κ3) is 4.63. The molecule has 0 spiro atoms. The maximum absolute atomic E-state index is 12.0. The Bertz CT molecular complexity index is 410. The van der Waals surface area contributed by atoms with E-state index in [0.29, 0.717) is 12.3 Å². The predicted molar refractivity (Wildman–Crippen MR) is 80.6 cm³/mol. The van der Waals surface area contributed by atoms with Gasteiger partial charge in [-0.1, -0.05) is 13.3 Å². The third-order valence-corrected chi connectivity index (χ3v) is 3.95. The maximum atomic E-state index is 12.0. The van der Waals surface area contributed by atoms with Gasteiger partial charge in [0.15, 0.2) is 0 Å². The molecular formula is C15H26N4O. The number of amides is 1. The molecule has 0 aromatic carbocycles. The number of carbonyl (C=O) groups is 1. The number of aryl methyl sites for hydroxylation is 1. The van der Waals surface area contributed by atoms with Gasteiger partial charge in [-0.3, -0.25) is 4.79 Å². The first-order chi connectivity index (χ1) is 9.79. The normalized spacial score (nSPS) is 16.2. The van der Waals surface area contributed by atoms with E-state index in [9.17, 15) is 4.79 Å². The first-order valence-electron chi connectivity index (χ1n) is 7.82. The molecule has 1 aromatic rings. The highest BCUT2D eigenvalue weighted by Crippen LogP contribution is 2.18. The Kier molecular flexibility index (Phi) is 6.05. The molecule has 2 rings (SSSR count). The minimum absolute atomic E-state index is 0.113. The average molecular weight is 278 g/mol. The van der Waals surface area contributed by atoms with Crippen LogP contribution in [0.4, 0.5) is 5.82 Å². The van der Waals surface area contributed by atoms with E-state index in [0.717, 1.165) is 44.7 Å². The lowest BCUT2D eigenvalue weighted by atomic mass is 9.93. The number of unbranched alkanes of at least 4 members (excludes halogenated alkanes) is 1. The van der Waals surface area contributed by atoms with Gasteiger partial charge in [0.1, 0.15) is 5.82 Å². The Morgan fingerprint density at radius 1 is 1.50 bits per heavy atom. The van der Waals surface area contributed by atoms with Crippen molar-refractivity contribution in [3.63, 3.8) is 0 Å². The largest absolute Gasteiger partial charge is 0.317 e. The summed E-state index contributed by atoms with van der Waals surface area (Å²) in [6, 6.07) is 1.87. The van der Waals surface area contributed by atoms with Crippen molar-refractivity contribution in [3.05, 3.63) is 12.3 Å². The van der Waals surface area contributed by atoms with Crippen LogP contribution >= 0.6 is 0 Å². The van der Waals surface area contributed by atoms with Gasteiger partial charge in [0.05, 0.1) is 6.20 Å². The molecule has 1 aliphatic rings. The maximum Gasteiger partial charge on any atom is 0.225 e. The smallest absolute Gasteiger partial charge is 0.225 e. The first-order valence-corrected chi connectivity index (χ1v) is 7.82. The fourth-order valence-electron chi connectivity index (χ4n) is 2.64. The van der Waals surface area contributed by atoms with Crippen molar-refractivity contribution in [2.75, 3.05) is 18.4 Å². The van der Waals surface area contributed by atoms with Crippen LogP contribution in [0, 0.1) is 5.92 Å². The molecule has 5 heteroatoms. The summed E-state index contributed by atoms with van der Waals surface area (Å²) in [6.45, 7) is 5.21. The van der Waals surface area contributed by atoms with Crippen molar-refractivity contribution in [2.45, 2.75) is 52.0 Å². The van der Waals surface area contributed by atoms with Crippen LogP contribution in [0.5, 0.6) is 0 Å². The summed E-state index contributed by atoms with van der Waals surface area (Å²) in [7, 11) is 0. The molecule has 0 bridgehead atoms. The lowest BCUT2D eigenvalue weighted by Gasteiger charge is -2.22. The van der Waals surface area contributed by atoms with Gasteiger partial charge in [-0.25, -0.2) is 4.68 Å². The fourth-order valence-corrected chi connectivity index (χ4v) is 2.64. The van der Waals surface area contributed by atoms with Crippen LogP contribution < -0.4 is 10.6 Å². The van der Waals surface area contributed by atoms with Crippen LogP contribution in [0.15, 0.2) is 12.3 Å². The van der Waals surface area contributed by atoms with E-state index in [1.54, 1.807) is 6.20 Å². The Hall–Kier alpha value is -1.36. The van der Waals surface area contributed by atoms with Crippen LogP contribution in [0.3, 0.4) is 0 Å². The zero-order valence-electron chi connectivity index (χ0n) is 12.4. The fraction of sp³-hybridized carbons (Fsp3) is 0.733. The second-order valence-electron chi connectivity index (χ2n) is 5.57. The van der Waals surface area contributed by atoms with Gasteiger partial charge in [-0.2, -0.15) is 5.10 Å². The molecule has 112 valence electrons. The summed E-state index contributed by atoms with van der Waals surface area (Å²) in [5, 5.41) is 10.6. The molecule has 0 atom stereocenters. The summed E-state index contributed by atoms with van der Waals surface area (Å²) in [5.74, 6) is 1.64. The lowest BCUT2D eigenvalue weighted by Crippen LogP contribution is -2.28. The van der Waals surface area contributed by atoms with E-state index < -0.39 is 0 Å². The monoisotopic (exact) mass is 278 g/mol. The summed E-state index contributed by atoms with van der Waals surface area (Å²) in [5.41, 5.74) is 0. The molecular weight excluding hydrogens is 252 g/mol. The number of anilines is 1. The van der Waals surface area contributed by atoms with Gasteiger partial charge in [-0.15, -0.1) is 0 Å². The molecule has 2 N–H and O–H groups in total. The van der Waals surface area contributed by atoms with E-state index in [2.05, 4.69) is 22.7 Å². The molecule has 2 heterocycles. The Labute approximate surface area is 121 Å². The van der Waals surface area contributed by atoms with E-state index >= 15 is 0 Å². The minimum atomic E-state index is 0.113. The first kappa shape index (κ1) is 15.0. The topological polar surface area (TPSA) is 59.0 Å². The van der Waals surface area contributed by atoms with Gasteiger partial charge in [0.2, 0.25) is 5.91 Å². The van der Waals surface area contributed by atoms with Crippen LogP contribution in [0.25, 0.3) is 0 Å². The summed E-state index contributed by atoms with van der Waals surface area (Å²) < 4.78 is 1.88. The van der Waals surface area contributed by atoms with Gasteiger partial charge in [0.25, 0.3) is 0 Å². The molecule has 0 unspecified atom stereocenters. The number of nitrogens with one attached hydrogen (secondary N) is 2. The van der Waals surface area contributed by atoms with E-state index in [-0.39, 0.29) is 5.91 Å². The van der Waals surface area contributed by atoms with Crippen LogP contribution in [-0.2, 0) is 11.3 Å². The molecule has 1 amide bonds. The molecule has 5 nitrogen and oxygen atoms in total. The van der Waals surface area contributed by atoms with Crippen molar-refractivity contribution in [2.24, 2.45) is 5.92 Å². The number of piperidine rings is 1. The number of hydrogen-bond donors (Lipinski definition) is 2. The predicted octanol–water partition coefficient (Wildman–Crippen LogP) is 2.40. The van der Waals surface area contributed by atoms with Crippen LogP contribution in [0.2, 0.25) is 0 Å². The summed E-state index contributed by atoms with van der Waals surface area (Å²) in [4.78, 5) is 12.0. The summed E-state index contributed by atoms with van der Waals surface area (Å²) >= 11 is 0. The standard InChI is InChI=1S/C15H26N4O/c1-2-3-12-19-14(8-11-17-19)18-15(20)5-4-13-6-9-16-10-7-13/h8,11,13,16H,2-7,9-10,12H2,1H3,(H,18,20).